The van der Waals surface area contributed by atoms with Crippen molar-refractivity contribution in [1.29, 1.82) is 0 Å². The van der Waals surface area contributed by atoms with Gasteiger partial charge in [0.05, 0.1) is 6.61 Å². The molecule has 1 fully saturated rings. The Balaban J connectivity index is 1.98. The molecule has 82 valence electrons. The molecule has 3 heteroatoms. The maximum atomic E-state index is 13.3. The fraction of sp³-hybridized carbons (Fsp3) is 0.500. The van der Waals surface area contributed by atoms with Crippen molar-refractivity contribution in [3.63, 3.8) is 0 Å². The van der Waals surface area contributed by atoms with Crippen molar-refractivity contribution in [2.24, 2.45) is 5.92 Å². The Hall–Kier alpha value is -1.09. The summed E-state index contributed by atoms with van der Waals surface area (Å²) in [6, 6.07) is 5.07. The second-order valence-electron chi connectivity index (χ2n) is 3.95. The number of nitrogens with one attached hydrogen (secondary N) is 1. The molecule has 2 rings (SSSR count). The normalized spacial score (nSPS) is 16.1. The third-order valence-corrected chi connectivity index (χ3v) is 2.74. The van der Waals surface area contributed by atoms with Crippen LogP contribution in [0.1, 0.15) is 12.5 Å². The van der Waals surface area contributed by atoms with Gasteiger partial charge in [-0.1, -0.05) is 13.0 Å². The molecule has 15 heavy (non-hydrogen) atoms. The predicted molar refractivity (Wildman–Crippen MR) is 57.6 cm³/mol. The van der Waals surface area contributed by atoms with Gasteiger partial charge in [0.15, 0.2) is 11.6 Å². The summed E-state index contributed by atoms with van der Waals surface area (Å²) in [4.78, 5) is 0. The second kappa shape index (κ2) is 4.62. The number of aryl methyl sites for hydroxylation is 1. The fourth-order valence-electron chi connectivity index (χ4n) is 1.55. The molecule has 0 aromatic heterocycles. The van der Waals surface area contributed by atoms with Crippen LogP contribution in [0.5, 0.6) is 5.75 Å². The van der Waals surface area contributed by atoms with Gasteiger partial charge >= 0.3 is 0 Å². The SMILES string of the molecule is CCc1ccc(F)c(OCC2CNC2)c1. The number of hydrogen-bond acceptors (Lipinski definition) is 2. The van der Waals surface area contributed by atoms with Crippen LogP contribution in [-0.2, 0) is 6.42 Å². The van der Waals surface area contributed by atoms with Crippen molar-refractivity contribution in [3.8, 4) is 5.75 Å². The van der Waals surface area contributed by atoms with Gasteiger partial charge in [-0.25, -0.2) is 4.39 Å². The minimum Gasteiger partial charge on any atom is -0.490 e. The molecule has 0 atom stereocenters. The molecule has 0 radical (unpaired) electrons. The molecule has 0 unspecified atom stereocenters. The number of hydrogen-bond donors (Lipinski definition) is 1. The van der Waals surface area contributed by atoms with E-state index in [0.717, 1.165) is 25.1 Å². The number of rotatable bonds is 4. The van der Waals surface area contributed by atoms with E-state index in [1.807, 2.05) is 6.92 Å². The zero-order chi connectivity index (χ0) is 10.7. The van der Waals surface area contributed by atoms with E-state index in [1.165, 1.54) is 6.07 Å². The van der Waals surface area contributed by atoms with Crippen LogP contribution in [0.4, 0.5) is 4.39 Å². The molecule has 0 aliphatic carbocycles. The summed E-state index contributed by atoms with van der Waals surface area (Å²) in [7, 11) is 0. The molecule has 1 heterocycles. The van der Waals surface area contributed by atoms with E-state index >= 15 is 0 Å². The maximum Gasteiger partial charge on any atom is 0.165 e. The van der Waals surface area contributed by atoms with E-state index in [2.05, 4.69) is 5.32 Å². The summed E-state index contributed by atoms with van der Waals surface area (Å²) < 4.78 is 18.8. The number of halogens is 1. The average Bonchev–Trinajstić information content (AvgIpc) is 2.18. The summed E-state index contributed by atoms with van der Waals surface area (Å²) in [5.74, 6) is 0.662. The zero-order valence-electron chi connectivity index (χ0n) is 8.92. The first-order valence-electron chi connectivity index (χ1n) is 5.41. The highest BCUT2D eigenvalue weighted by atomic mass is 19.1. The van der Waals surface area contributed by atoms with Gasteiger partial charge in [-0.3, -0.25) is 0 Å². The molecule has 0 saturated carbocycles. The monoisotopic (exact) mass is 209 g/mol. The summed E-state index contributed by atoms with van der Waals surface area (Å²) >= 11 is 0. The van der Waals surface area contributed by atoms with Crippen molar-refractivity contribution in [3.05, 3.63) is 29.6 Å². The fourth-order valence-corrected chi connectivity index (χ4v) is 1.55. The highest BCUT2D eigenvalue weighted by Crippen LogP contribution is 2.20. The zero-order valence-corrected chi connectivity index (χ0v) is 8.92. The minimum atomic E-state index is -0.264. The Bertz CT molecular complexity index is 336. The van der Waals surface area contributed by atoms with Crippen LogP contribution in [0.2, 0.25) is 0 Å². The Labute approximate surface area is 89.4 Å². The lowest BCUT2D eigenvalue weighted by molar-refractivity contribution is 0.193. The van der Waals surface area contributed by atoms with E-state index in [4.69, 9.17) is 4.74 Å². The van der Waals surface area contributed by atoms with Crippen LogP contribution >= 0.6 is 0 Å². The Morgan fingerprint density at radius 1 is 1.47 bits per heavy atom. The second-order valence-corrected chi connectivity index (χ2v) is 3.95. The van der Waals surface area contributed by atoms with E-state index in [1.54, 1.807) is 12.1 Å². The van der Waals surface area contributed by atoms with Crippen LogP contribution in [-0.4, -0.2) is 19.7 Å². The highest BCUT2D eigenvalue weighted by Gasteiger charge is 2.17. The molecule has 1 aromatic carbocycles. The lowest BCUT2D eigenvalue weighted by atomic mass is 10.1. The molecule has 1 saturated heterocycles. The van der Waals surface area contributed by atoms with Gasteiger partial charge in [0.25, 0.3) is 0 Å². The first kappa shape index (κ1) is 10.4. The molecule has 0 spiro atoms. The average molecular weight is 209 g/mol. The smallest absolute Gasteiger partial charge is 0.165 e. The largest absolute Gasteiger partial charge is 0.490 e. The van der Waals surface area contributed by atoms with Crippen molar-refractivity contribution in [2.75, 3.05) is 19.7 Å². The molecule has 1 N–H and O–H groups in total. The van der Waals surface area contributed by atoms with Crippen molar-refractivity contribution < 1.29 is 9.13 Å². The quantitative estimate of drug-likeness (QED) is 0.818. The Kier molecular flexibility index (Phi) is 3.21. The predicted octanol–water partition coefficient (Wildman–Crippen LogP) is 1.99. The Morgan fingerprint density at radius 3 is 2.87 bits per heavy atom. The molecule has 0 bridgehead atoms. The van der Waals surface area contributed by atoms with Crippen LogP contribution < -0.4 is 10.1 Å². The first-order valence-corrected chi connectivity index (χ1v) is 5.41. The first-order chi connectivity index (χ1) is 7.29. The van der Waals surface area contributed by atoms with Crippen molar-refractivity contribution >= 4 is 0 Å². The molecular formula is C12H16FNO. The number of ether oxygens (including phenoxy) is 1. The summed E-state index contributed by atoms with van der Waals surface area (Å²) in [5, 5.41) is 3.16. The van der Waals surface area contributed by atoms with E-state index < -0.39 is 0 Å². The summed E-state index contributed by atoms with van der Waals surface area (Å²) in [6.07, 6.45) is 0.904. The Morgan fingerprint density at radius 2 is 2.27 bits per heavy atom. The van der Waals surface area contributed by atoms with E-state index in [9.17, 15) is 4.39 Å². The van der Waals surface area contributed by atoms with E-state index in [0.29, 0.717) is 18.3 Å². The summed E-state index contributed by atoms with van der Waals surface area (Å²) in [5.41, 5.74) is 1.11. The van der Waals surface area contributed by atoms with Crippen LogP contribution in [0.25, 0.3) is 0 Å². The highest BCUT2D eigenvalue weighted by molar-refractivity contribution is 5.30. The number of benzene rings is 1. The third-order valence-electron chi connectivity index (χ3n) is 2.74. The molecule has 1 aromatic rings. The molecule has 1 aliphatic heterocycles. The lowest BCUT2D eigenvalue weighted by Gasteiger charge is -2.26. The van der Waals surface area contributed by atoms with Gasteiger partial charge in [0.2, 0.25) is 0 Å². The van der Waals surface area contributed by atoms with Crippen molar-refractivity contribution in [2.45, 2.75) is 13.3 Å². The van der Waals surface area contributed by atoms with Gasteiger partial charge < -0.3 is 10.1 Å². The lowest BCUT2D eigenvalue weighted by Crippen LogP contribution is -2.45. The van der Waals surface area contributed by atoms with Crippen LogP contribution in [0.3, 0.4) is 0 Å². The van der Waals surface area contributed by atoms with Gasteiger partial charge in [0.1, 0.15) is 0 Å². The van der Waals surface area contributed by atoms with Gasteiger partial charge in [0, 0.05) is 19.0 Å². The molecule has 0 amide bonds. The standard InChI is InChI=1S/C12H16FNO/c1-2-9-3-4-11(13)12(5-9)15-8-10-6-14-7-10/h3-5,10,14H,2,6-8H2,1H3. The third kappa shape index (κ3) is 2.48. The summed E-state index contributed by atoms with van der Waals surface area (Å²) in [6.45, 7) is 4.62. The van der Waals surface area contributed by atoms with E-state index in [-0.39, 0.29) is 5.82 Å². The maximum absolute atomic E-state index is 13.3. The van der Waals surface area contributed by atoms with Gasteiger partial charge in [-0.2, -0.15) is 0 Å². The van der Waals surface area contributed by atoms with Gasteiger partial charge in [-0.05, 0) is 24.1 Å². The van der Waals surface area contributed by atoms with Crippen LogP contribution in [0.15, 0.2) is 18.2 Å². The minimum absolute atomic E-state index is 0.264. The van der Waals surface area contributed by atoms with Gasteiger partial charge in [-0.15, -0.1) is 0 Å². The topological polar surface area (TPSA) is 21.3 Å². The molecular weight excluding hydrogens is 193 g/mol. The molecule has 1 aliphatic rings. The van der Waals surface area contributed by atoms with Crippen molar-refractivity contribution in [1.82, 2.24) is 5.32 Å². The van der Waals surface area contributed by atoms with Crippen LogP contribution in [0, 0.1) is 11.7 Å². The molecule has 2 nitrogen and oxygen atoms in total.